The number of halogens is 1. The Labute approximate surface area is 89.2 Å². The summed E-state index contributed by atoms with van der Waals surface area (Å²) in [5.74, 6) is -1.32. The van der Waals surface area contributed by atoms with Crippen LogP contribution < -0.4 is 0 Å². The van der Waals surface area contributed by atoms with Crippen molar-refractivity contribution in [1.82, 2.24) is 10.2 Å². The second kappa shape index (κ2) is 3.73. The van der Waals surface area contributed by atoms with E-state index in [0.717, 1.165) is 12.1 Å². The Balaban J connectivity index is 2.82. The molecule has 0 saturated heterocycles. The lowest BCUT2D eigenvalue weighted by molar-refractivity contribution is 0.0602. The van der Waals surface area contributed by atoms with E-state index < -0.39 is 11.8 Å². The van der Waals surface area contributed by atoms with Crippen LogP contribution in [0.2, 0.25) is 0 Å². The number of aldehydes is 1. The molecule has 2 aromatic rings. The molecule has 5 nitrogen and oxygen atoms in total. The van der Waals surface area contributed by atoms with E-state index in [1.54, 1.807) is 0 Å². The van der Waals surface area contributed by atoms with E-state index in [9.17, 15) is 14.0 Å². The molecule has 1 aromatic heterocycles. The molecule has 0 bridgehead atoms. The number of nitrogens with zero attached hydrogens (tertiary/aromatic N) is 1. The van der Waals surface area contributed by atoms with E-state index in [1.165, 1.54) is 7.11 Å². The summed E-state index contributed by atoms with van der Waals surface area (Å²) < 4.78 is 17.7. The number of fused-ring (bicyclic) bond motifs is 1. The highest BCUT2D eigenvalue weighted by Crippen LogP contribution is 2.22. The summed E-state index contributed by atoms with van der Waals surface area (Å²) in [7, 11) is 1.18. The van der Waals surface area contributed by atoms with Gasteiger partial charge in [0.05, 0.1) is 18.2 Å². The van der Waals surface area contributed by atoms with E-state index >= 15 is 0 Å². The van der Waals surface area contributed by atoms with Crippen molar-refractivity contribution >= 4 is 23.2 Å². The van der Waals surface area contributed by atoms with Crippen LogP contribution in [0, 0.1) is 5.82 Å². The summed E-state index contributed by atoms with van der Waals surface area (Å²) in [4.78, 5) is 22.1. The standard InChI is InChI=1S/C10H7FN2O3/c1-16-10(15)6-2-5(11)3-7-9(6)8(4-14)13-12-7/h2-4H,1H3,(H,12,13). The topological polar surface area (TPSA) is 72.1 Å². The molecule has 6 heteroatoms. The van der Waals surface area contributed by atoms with Gasteiger partial charge in [0.2, 0.25) is 0 Å². The number of esters is 1. The third-order valence-electron chi connectivity index (χ3n) is 2.17. The number of carbonyl (C=O) groups excluding carboxylic acids is 2. The van der Waals surface area contributed by atoms with Crippen molar-refractivity contribution in [2.75, 3.05) is 7.11 Å². The first-order chi connectivity index (χ1) is 7.67. The second-order valence-corrected chi connectivity index (χ2v) is 3.09. The first-order valence-corrected chi connectivity index (χ1v) is 4.38. The lowest BCUT2D eigenvalue weighted by Crippen LogP contribution is -2.03. The molecular weight excluding hydrogens is 215 g/mol. The molecule has 0 aliphatic rings. The number of methoxy groups -OCH3 is 1. The SMILES string of the molecule is COC(=O)c1cc(F)cc2[nH]nc(C=O)c12. The van der Waals surface area contributed by atoms with Gasteiger partial charge in [-0.05, 0) is 12.1 Å². The molecule has 0 aliphatic carbocycles. The lowest BCUT2D eigenvalue weighted by atomic mass is 10.1. The normalized spacial score (nSPS) is 10.4. The maximum Gasteiger partial charge on any atom is 0.338 e. The van der Waals surface area contributed by atoms with Crippen molar-refractivity contribution in [1.29, 1.82) is 0 Å². The van der Waals surface area contributed by atoms with Crippen LogP contribution >= 0.6 is 0 Å². The minimum absolute atomic E-state index is 0.0200. The van der Waals surface area contributed by atoms with Gasteiger partial charge in [-0.25, -0.2) is 9.18 Å². The van der Waals surface area contributed by atoms with Gasteiger partial charge in [-0.3, -0.25) is 9.89 Å². The molecule has 0 amide bonds. The van der Waals surface area contributed by atoms with Gasteiger partial charge in [-0.15, -0.1) is 0 Å². The number of hydrogen-bond donors (Lipinski definition) is 1. The van der Waals surface area contributed by atoms with Crippen LogP contribution in [0.1, 0.15) is 20.8 Å². The van der Waals surface area contributed by atoms with E-state index in [2.05, 4.69) is 14.9 Å². The Hall–Kier alpha value is -2.24. The van der Waals surface area contributed by atoms with Crippen molar-refractivity contribution in [2.45, 2.75) is 0 Å². The third kappa shape index (κ3) is 1.44. The number of nitrogens with one attached hydrogen (secondary N) is 1. The molecule has 0 fully saturated rings. The van der Waals surface area contributed by atoms with Gasteiger partial charge in [0.1, 0.15) is 11.5 Å². The molecule has 2 rings (SSSR count). The molecule has 1 aromatic carbocycles. The third-order valence-corrected chi connectivity index (χ3v) is 2.17. The number of H-pyrrole nitrogens is 1. The van der Waals surface area contributed by atoms with Crippen LogP contribution in [0.15, 0.2) is 12.1 Å². The highest BCUT2D eigenvalue weighted by molar-refractivity contribution is 6.08. The smallest absolute Gasteiger partial charge is 0.338 e. The van der Waals surface area contributed by atoms with Crippen molar-refractivity contribution in [2.24, 2.45) is 0 Å². The van der Waals surface area contributed by atoms with Crippen LogP contribution in [0.4, 0.5) is 4.39 Å². The summed E-state index contributed by atoms with van der Waals surface area (Å²) in [6, 6.07) is 2.17. The first-order valence-electron chi connectivity index (χ1n) is 4.38. The second-order valence-electron chi connectivity index (χ2n) is 3.09. The van der Waals surface area contributed by atoms with Crippen LogP contribution in [0.5, 0.6) is 0 Å². The van der Waals surface area contributed by atoms with Crippen molar-refractivity contribution in [3.63, 3.8) is 0 Å². The first kappa shape index (κ1) is 10.3. The van der Waals surface area contributed by atoms with Gasteiger partial charge in [-0.2, -0.15) is 5.10 Å². The fourth-order valence-corrected chi connectivity index (χ4v) is 1.50. The Morgan fingerprint density at radius 2 is 2.31 bits per heavy atom. The van der Waals surface area contributed by atoms with E-state index in [-0.39, 0.29) is 22.2 Å². The van der Waals surface area contributed by atoms with Gasteiger partial charge >= 0.3 is 5.97 Å². The van der Waals surface area contributed by atoms with Crippen LogP contribution in [-0.4, -0.2) is 29.6 Å². The van der Waals surface area contributed by atoms with E-state index in [1.807, 2.05) is 0 Å². The molecule has 1 N–H and O–H groups in total. The van der Waals surface area contributed by atoms with Crippen molar-refractivity contribution in [3.05, 3.63) is 29.2 Å². The van der Waals surface area contributed by atoms with Crippen LogP contribution in [-0.2, 0) is 4.74 Å². The molecular formula is C10H7FN2O3. The Kier molecular flexibility index (Phi) is 2.40. The van der Waals surface area contributed by atoms with Crippen LogP contribution in [0.3, 0.4) is 0 Å². The number of ether oxygens (including phenoxy) is 1. The van der Waals surface area contributed by atoms with Gasteiger partial charge in [0, 0.05) is 5.39 Å². The average Bonchev–Trinajstić information content (AvgIpc) is 2.69. The molecule has 0 spiro atoms. The minimum Gasteiger partial charge on any atom is -0.465 e. The summed E-state index contributed by atoms with van der Waals surface area (Å²) in [6.07, 6.45) is 0.489. The lowest BCUT2D eigenvalue weighted by Gasteiger charge is -2.01. The number of aromatic amines is 1. The molecule has 0 unspecified atom stereocenters. The molecule has 0 radical (unpaired) electrons. The summed E-state index contributed by atoms with van der Waals surface area (Å²) in [6.45, 7) is 0. The summed E-state index contributed by atoms with van der Waals surface area (Å²) in [5.41, 5.74) is 0.311. The fourth-order valence-electron chi connectivity index (χ4n) is 1.50. The van der Waals surface area contributed by atoms with Gasteiger partial charge in [0.25, 0.3) is 0 Å². The average molecular weight is 222 g/mol. The maximum absolute atomic E-state index is 13.2. The van der Waals surface area contributed by atoms with E-state index in [0.29, 0.717) is 6.29 Å². The summed E-state index contributed by atoms with van der Waals surface area (Å²) in [5, 5.41) is 6.40. The maximum atomic E-state index is 13.2. The Morgan fingerprint density at radius 1 is 1.56 bits per heavy atom. The largest absolute Gasteiger partial charge is 0.465 e. The molecule has 16 heavy (non-hydrogen) atoms. The van der Waals surface area contributed by atoms with Gasteiger partial charge < -0.3 is 4.74 Å². The number of hydrogen-bond acceptors (Lipinski definition) is 4. The van der Waals surface area contributed by atoms with Gasteiger partial charge in [0.15, 0.2) is 6.29 Å². The summed E-state index contributed by atoms with van der Waals surface area (Å²) >= 11 is 0. The molecule has 0 saturated carbocycles. The number of carbonyl (C=O) groups is 2. The molecule has 0 atom stereocenters. The molecule has 1 heterocycles. The highest BCUT2D eigenvalue weighted by Gasteiger charge is 2.17. The predicted octanol–water partition coefficient (Wildman–Crippen LogP) is 1.30. The van der Waals surface area contributed by atoms with Gasteiger partial charge in [-0.1, -0.05) is 0 Å². The Bertz CT molecular complexity index is 577. The minimum atomic E-state index is -0.714. The number of benzene rings is 1. The fraction of sp³-hybridized carbons (Fsp3) is 0.100. The van der Waals surface area contributed by atoms with E-state index in [4.69, 9.17) is 0 Å². The zero-order valence-electron chi connectivity index (χ0n) is 8.28. The Morgan fingerprint density at radius 3 is 2.94 bits per heavy atom. The molecule has 82 valence electrons. The molecule has 0 aliphatic heterocycles. The quantitative estimate of drug-likeness (QED) is 0.614. The van der Waals surface area contributed by atoms with Crippen molar-refractivity contribution in [3.8, 4) is 0 Å². The number of rotatable bonds is 2. The highest BCUT2D eigenvalue weighted by atomic mass is 19.1. The predicted molar refractivity (Wildman–Crippen MR) is 52.8 cm³/mol. The monoisotopic (exact) mass is 222 g/mol. The zero-order chi connectivity index (χ0) is 11.7. The zero-order valence-corrected chi connectivity index (χ0v) is 8.28. The number of aromatic nitrogens is 2. The van der Waals surface area contributed by atoms with Crippen molar-refractivity contribution < 1.29 is 18.7 Å². The van der Waals surface area contributed by atoms with Crippen LogP contribution in [0.25, 0.3) is 10.9 Å².